The second-order valence-electron chi connectivity index (χ2n) is 7.45. The third kappa shape index (κ3) is 7.37. The van der Waals surface area contributed by atoms with Crippen molar-refractivity contribution in [2.45, 2.75) is 52.9 Å². The molecule has 2 rings (SSSR count). The van der Waals surface area contributed by atoms with E-state index >= 15 is 0 Å². The Kier molecular flexibility index (Phi) is 8.23. The Bertz CT molecular complexity index is 696. The monoisotopic (exact) mass is 372 g/mol. The Labute approximate surface area is 162 Å². The summed E-state index contributed by atoms with van der Waals surface area (Å²) in [5.41, 5.74) is 0.935. The van der Waals surface area contributed by atoms with E-state index in [1.807, 2.05) is 18.2 Å². The van der Waals surface area contributed by atoms with Crippen LogP contribution in [0.4, 0.5) is 0 Å². The number of guanidine groups is 1. The van der Waals surface area contributed by atoms with Crippen LogP contribution in [-0.2, 0) is 6.42 Å². The van der Waals surface area contributed by atoms with Gasteiger partial charge in [-0.3, -0.25) is 9.98 Å². The lowest BCUT2D eigenvalue weighted by molar-refractivity contribution is 0.318. The third-order valence-electron chi connectivity index (χ3n) is 4.41. The van der Waals surface area contributed by atoms with Gasteiger partial charge < -0.3 is 15.2 Å². The van der Waals surface area contributed by atoms with Crippen LogP contribution in [0, 0.1) is 5.41 Å². The van der Waals surface area contributed by atoms with Gasteiger partial charge >= 0.3 is 0 Å². The third-order valence-corrected chi connectivity index (χ3v) is 4.41. The van der Waals surface area contributed by atoms with E-state index in [0.29, 0.717) is 30.4 Å². The van der Waals surface area contributed by atoms with E-state index in [0.717, 1.165) is 12.5 Å². The van der Waals surface area contributed by atoms with Crippen LogP contribution in [0.5, 0.6) is 0 Å². The summed E-state index contributed by atoms with van der Waals surface area (Å²) < 4.78 is 5.28. The highest BCUT2D eigenvalue weighted by atomic mass is 16.5. The maximum absolute atomic E-state index is 5.28. The van der Waals surface area contributed by atoms with Crippen LogP contribution in [0.1, 0.15) is 52.3 Å². The zero-order valence-corrected chi connectivity index (χ0v) is 17.0. The number of hydrogen-bond donors (Lipinski definition) is 2. The fourth-order valence-corrected chi connectivity index (χ4v) is 2.73. The zero-order chi connectivity index (χ0) is 19.5. The first-order valence-corrected chi connectivity index (χ1v) is 9.72. The van der Waals surface area contributed by atoms with Crippen molar-refractivity contribution in [2.24, 2.45) is 10.4 Å². The van der Waals surface area contributed by atoms with Crippen molar-refractivity contribution in [3.63, 3.8) is 0 Å². The summed E-state index contributed by atoms with van der Waals surface area (Å²) in [4.78, 5) is 12.9. The molecule has 0 aromatic carbocycles. The van der Waals surface area contributed by atoms with E-state index in [-0.39, 0.29) is 5.41 Å². The highest BCUT2D eigenvalue weighted by Gasteiger charge is 2.17. The van der Waals surface area contributed by atoms with E-state index < -0.39 is 0 Å². The minimum atomic E-state index is 0.248. The normalized spacial score (nSPS) is 12.2. The number of hydrogen-bond acceptors (Lipinski definition) is 5. The number of aliphatic imine (C=N–C) groups is 1. The summed E-state index contributed by atoms with van der Waals surface area (Å²) in [5.74, 6) is 1.90. The molecule has 0 aliphatic rings. The molecule has 7 nitrogen and oxygen atoms in total. The molecule has 0 saturated heterocycles. The van der Waals surface area contributed by atoms with Crippen LogP contribution in [-0.4, -0.2) is 41.2 Å². The topological polar surface area (TPSA) is 88.2 Å². The van der Waals surface area contributed by atoms with E-state index in [9.17, 15) is 0 Å². The maximum atomic E-state index is 5.28. The summed E-state index contributed by atoms with van der Waals surface area (Å²) in [5, 5.41) is 10.7. The molecule has 7 heteroatoms. The molecule has 2 N–H and O–H groups in total. The maximum Gasteiger partial charge on any atom is 0.276 e. The minimum Gasteiger partial charge on any atom is -0.356 e. The molecular formula is C20H32N6O. The van der Waals surface area contributed by atoms with Crippen LogP contribution in [0.25, 0.3) is 11.6 Å². The van der Waals surface area contributed by atoms with E-state index in [1.165, 1.54) is 25.7 Å². The molecule has 0 unspecified atom stereocenters. The molecule has 148 valence electrons. The molecule has 0 aliphatic heterocycles. The van der Waals surface area contributed by atoms with Crippen LogP contribution in [0.2, 0.25) is 0 Å². The molecule has 0 bridgehead atoms. The first-order chi connectivity index (χ1) is 13.0. The lowest BCUT2D eigenvalue weighted by Gasteiger charge is -2.26. The Morgan fingerprint density at radius 2 is 2.07 bits per heavy atom. The van der Waals surface area contributed by atoms with Gasteiger partial charge in [0.05, 0.1) is 0 Å². The van der Waals surface area contributed by atoms with Crippen molar-refractivity contribution in [2.75, 3.05) is 20.1 Å². The van der Waals surface area contributed by atoms with Crippen LogP contribution in [0.15, 0.2) is 33.9 Å². The van der Waals surface area contributed by atoms with Gasteiger partial charge in [0.2, 0.25) is 0 Å². The van der Waals surface area contributed by atoms with E-state index in [4.69, 9.17) is 4.52 Å². The molecule has 0 aliphatic carbocycles. The first-order valence-electron chi connectivity index (χ1n) is 9.72. The van der Waals surface area contributed by atoms with Gasteiger partial charge in [-0.05, 0) is 24.0 Å². The average molecular weight is 373 g/mol. The van der Waals surface area contributed by atoms with Crippen molar-refractivity contribution in [1.29, 1.82) is 0 Å². The quantitative estimate of drug-likeness (QED) is 0.377. The molecular weight excluding hydrogens is 340 g/mol. The summed E-state index contributed by atoms with van der Waals surface area (Å²) in [6.07, 6.45) is 7.39. The van der Waals surface area contributed by atoms with Gasteiger partial charge in [-0.1, -0.05) is 51.3 Å². The highest BCUT2D eigenvalue weighted by Crippen LogP contribution is 2.22. The highest BCUT2D eigenvalue weighted by molar-refractivity contribution is 5.79. The summed E-state index contributed by atoms with van der Waals surface area (Å²) in [6, 6.07) is 5.60. The predicted molar refractivity (Wildman–Crippen MR) is 109 cm³/mol. The van der Waals surface area contributed by atoms with Crippen molar-refractivity contribution >= 4 is 5.96 Å². The second-order valence-corrected chi connectivity index (χ2v) is 7.45. The zero-order valence-electron chi connectivity index (χ0n) is 17.0. The molecule has 0 radical (unpaired) electrons. The largest absolute Gasteiger partial charge is 0.356 e. The lowest BCUT2D eigenvalue weighted by atomic mass is 9.87. The molecule has 2 heterocycles. The van der Waals surface area contributed by atoms with E-state index in [1.54, 1.807) is 13.2 Å². The number of aromatic nitrogens is 3. The molecule has 0 amide bonds. The molecule has 0 atom stereocenters. The van der Waals surface area contributed by atoms with Crippen LogP contribution in [0.3, 0.4) is 0 Å². The van der Waals surface area contributed by atoms with Gasteiger partial charge in [0, 0.05) is 32.8 Å². The Morgan fingerprint density at radius 1 is 1.22 bits per heavy atom. The fourth-order valence-electron chi connectivity index (χ4n) is 2.73. The predicted octanol–water partition coefficient (Wildman–Crippen LogP) is 3.45. The SMILES string of the molecule is CCCCCC(C)(C)CNC(=NC)NCCc1noc(-c2ccccn2)n1. The van der Waals surface area contributed by atoms with E-state index in [2.05, 4.69) is 51.5 Å². The number of pyridine rings is 1. The van der Waals surface area contributed by atoms with Gasteiger partial charge in [-0.2, -0.15) is 4.98 Å². The molecule has 27 heavy (non-hydrogen) atoms. The summed E-state index contributed by atoms with van der Waals surface area (Å²) in [6.45, 7) is 8.39. The number of nitrogens with one attached hydrogen (secondary N) is 2. The van der Waals surface area contributed by atoms with Crippen LogP contribution < -0.4 is 10.6 Å². The minimum absolute atomic E-state index is 0.248. The number of unbranched alkanes of at least 4 members (excludes halogenated alkanes) is 2. The van der Waals surface area contributed by atoms with Crippen molar-refractivity contribution in [3.8, 4) is 11.6 Å². The lowest BCUT2D eigenvalue weighted by Crippen LogP contribution is -2.42. The summed E-state index contributed by atoms with van der Waals surface area (Å²) >= 11 is 0. The average Bonchev–Trinajstić information content (AvgIpc) is 3.14. The molecule has 0 fully saturated rings. The van der Waals surface area contributed by atoms with Crippen molar-refractivity contribution in [3.05, 3.63) is 30.2 Å². The number of nitrogens with zero attached hydrogens (tertiary/aromatic N) is 4. The van der Waals surface area contributed by atoms with Gasteiger partial charge in [-0.25, -0.2) is 0 Å². The Hall–Kier alpha value is -2.44. The molecule has 0 saturated carbocycles. The van der Waals surface area contributed by atoms with Gasteiger partial charge in [0.1, 0.15) is 5.69 Å². The molecule has 2 aromatic heterocycles. The van der Waals surface area contributed by atoms with Crippen molar-refractivity contribution < 1.29 is 4.52 Å². The molecule has 0 spiro atoms. The standard InChI is InChI=1S/C20H32N6O/c1-5-6-8-12-20(2,3)15-24-19(21-4)23-14-11-17-25-18(27-26-17)16-10-7-9-13-22-16/h7,9-10,13H,5-6,8,11-12,14-15H2,1-4H3,(H2,21,23,24). The van der Waals surface area contributed by atoms with Gasteiger partial charge in [-0.15, -0.1) is 0 Å². The first kappa shape index (κ1) is 20.9. The van der Waals surface area contributed by atoms with Gasteiger partial charge in [0.25, 0.3) is 5.89 Å². The Morgan fingerprint density at radius 3 is 2.78 bits per heavy atom. The number of rotatable bonds is 10. The summed E-state index contributed by atoms with van der Waals surface area (Å²) in [7, 11) is 1.78. The van der Waals surface area contributed by atoms with Crippen molar-refractivity contribution in [1.82, 2.24) is 25.8 Å². The molecule has 2 aromatic rings. The van der Waals surface area contributed by atoms with Crippen LogP contribution >= 0.6 is 0 Å². The second kappa shape index (κ2) is 10.6. The fraction of sp³-hybridized carbons (Fsp3) is 0.600. The van der Waals surface area contributed by atoms with Gasteiger partial charge in [0.15, 0.2) is 11.8 Å². The Balaban J connectivity index is 1.74. The smallest absolute Gasteiger partial charge is 0.276 e.